The molecule has 0 aliphatic heterocycles. The molecule has 0 radical (unpaired) electrons. The van der Waals surface area contributed by atoms with Crippen LogP contribution in [0.3, 0.4) is 0 Å². The quantitative estimate of drug-likeness (QED) is 0.661. The van der Waals surface area contributed by atoms with Crippen molar-refractivity contribution in [1.29, 1.82) is 0 Å². The molecule has 1 heteroatoms. The minimum Gasteiger partial charge on any atom is -0.256 e. The number of hydrogen-bond donors (Lipinski definition) is 0. The summed E-state index contributed by atoms with van der Waals surface area (Å²) in [5.74, 6) is 0. The van der Waals surface area contributed by atoms with Crippen molar-refractivity contribution in [2.45, 2.75) is 13.8 Å². The molecule has 0 aliphatic carbocycles. The van der Waals surface area contributed by atoms with Crippen LogP contribution < -0.4 is 0 Å². The molecule has 2 rings (SSSR count). The molecule has 0 unspecified atom stereocenters. The lowest BCUT2D eigenvalue weighted by Crippen LogP contribution is -1.82. The average molecular weight is 209 g/mol. The van der Waals surface area contributed by atoms with Crippen LogP contribution in [0, 0.1) is 13.8 Å². The van der Waals surface area contributed by atoms with Gasteiger partial charge in [0.1, 0.15) is 0 Å². The molecule has 0 fully saturated rings. The maximum Gasteiger partial charge on any atom is 0.0688 e. The summed E-state index contributed by atoms with van der Waals surface area (Å²) in [6, 6.07) is 16.4. The summed E-state index contributed by atoms with van der Waals surface area (Å²) in [6.45, 7) is 4.18. The first kappa shape index (κ1) is 10.6. The molecule has 0 aromatic heterocycles. The molecular weight excluding hydrogens is 194 g/mol. The summed E-state index contributed by atoms with van der Waals surface area (Å²) >= 11 is 0. The van der Waals surface area contributed by atoms with Crippen molar-refractivity contribution in [3.8, 4) is 0 Å². The standard InChI is InChI=1S/C15H15N/c1-12-7-6-8-13(2)15(12)16-11-14-9-4-3-5-10-14/h3-11H,1-2H3. The van der Waals surface area contributed by atoms with Crippen molar-refractivity contribution in [3.63, 3.8) is 0 Å². The van der Waals surface area contributed by atoms with E-state index in [0.717, 1.165) is 11.3 Å². The lowest BCUT2D eigenvalue weighted by molar-refractivity contribution is 1.33. The molecule has 80 valence electrons. The van der Waals surface area contributed by atoms with Crippen LogP contribution in [0.1, 0.15) is 16.7 Å². The lowest BCUT2D eigenvalue weighted by Gasteiger charge is -2.03. The van der Waals surface area contributed by atoms with Gasteiger partial charge in [-0.2, -0.15) is 0 Å². The number of para-hydroxylation sites is 1. The molecule has 2 aromatic carbocycles. The second kappa shape index (κ2) is 4.75. The van der Waals surface area contributed by atoms with E-state index in [1.807, 2.05) is 24.4 Å². The van der Waals surface area contributed by atoms with Crippen molar-refractivity contribution in [3.05, 3.63) is 65.2 Å². The first-order valence-electron chi connectivity index (χ1n) is 5.43. The molecule has 0 saturated carbocycles. The topological polar surface area (TPSA) is 12.4 Å². The Kier molecular flexibility index (Phi) is 3.16. The fourth-order valence-electron chi connectivity index (χ4n) is 1.69. The van der Waals surface area contributed by atoms with Crippen LogP contribution in [0.2, 0.25) is 0 Å². The van der Waals surface area contributed by atoms with E-state index in [0.29, 0.717) is 0 Å². The smallest absolute Gasteiger partial charge is 0.0688 e. The highest BCUT2D eigenvalue weighted by Gasteiger charge is 1.98. The van der Waals surface area contributed by atoms with Gasteiger partial charge in [-0.25, -0.2) is 0 Å². The van der Waals surface area contributed by atoms with E-state index < -0.39 is 0 Å². The number of aryl methyl sites for hydroxylation is 2. The molecule has 16 heavy (non-hydrogen) atoms. The zero-order valence-electron chi connectivity index (χ0n) is 9.64. The van der Waals surface area contributed by atoms with Gasteiger partial charge in [-0.3, -0.25) is 4.99 Å². The van der Waals surface area contributed by atoms with E-state index in [4.69, 9.17) is 0 Å². The Labute approximate surface area is 96.5 Å². The van der Waals surface area contributed by atoms with Gasteiger partial charge in [0.05, 0.1) is 5.69 Å². The summed E-state index contributed by atoms with van der Waals surface area (Å²) in [5, 5.41) is 0. The van der Waals surface area contributed by atoms with Crippen molar-refractivity contribution in [2.75, 3.05) is 0 Å². The lowest BCUT2D eigenvalue weighted by atomic mass is 10.1. The summed E-state index contributed by atoms with van der Waals surface area (Å²) in [6.07, 6.45) is 1.91. The van der Waals surface area contributed by atoms with Crippen LogP contribution in [0.25, 0.3) is 0 Å². The fraction of sp³-hybridized carbons (Fsp3) is 0.133. The first-order chi connectivity index (χ1) is 7.77. The maximum absolute atomic E-state index is 4.55. The van der Waals surface area contributed by atoms with Crippen molar-refractivity contribution in [2.24, 2.45) is 4.99 Å². The highest BCUT2D eigenvalue weighted by atomic mass is 14.7. The average Bonchev–Trinajstić information content (AvgIpc) is 2.30. The van der Waals surface area contributed by atoms with Crippen molar-refractivity contribution in [1.82, 2.24) is 0 Å². The molecule has 1 nitrogen and oxygen atoms in total. The molecule has 2 aromatic rings. The Bertz CT molecular complexity index is 478. The zero-order chi connectivity index (χ0) is 11.4. The van der Waals surface area contributed by atoms with Crippen LogP contribution in [-0.4, -0.2) is 6.21 Å². The van der Waals surface area contributed by atoms with E-state index in [9.17, 15) is 0 Å². The number of benzene rings is 2. The number of rotatable bonds is 2. The summed E-state index contributed by atoms with van der Waals surface area (Å²) in [5.41, 5.74) is 4.64. The van der Waals surface area contributed by atoms with Gasteiger partial charge in [-0.05, 0) is 30.5 Å². The number of aliphatic imine (C=N–C) groups is 1. The Morgan fingerprint density at radius 2 is 1.44 bits per heavy atom. The second-order valence-corrected chi connectivity index (χ2v) is 3.91. The Hall–Kier alpha value is -1.89. The van der Waals surface area contributed by atoms with Gasteiger partial charge < -0.3 is 0 Å². The van der Waals surface area contributed by atoms with E-state index in [-0.39, 0.29) is 0 Å². The molecule has 0 N–H and O–H groups in total. The zero-order valence-corrected chi connectivity index (χ0v) is 9.64. The SMILES string of the molecule is Cc1cccc(C)c1N=Cc1ccccc1. The highest BCUT2D eigenvalue weighted by molar-refractivity contribution is 5.82. The van der Waals surface area contributed by atoms with Crippen LogP contribution in [0.5, 0.6) is 0 Å². The van der Waals surface area contributed by atoms with Gasteiger partial charge in [-0.1, -0.05) is 48.5 Å². The minimum absolute atomic E-state index is 1.08. The summed E-state index contributed by atoms with van der Waals surface area (Å²) in [7, 11) is 0. The van der Waals surface area contributed by atoms with Gasteiger partial charge in [-0.15, -0.1) is 0 Å². The maximum atomic E-state index is 4.55. The van der Waals surface area contributed by atoms with E-state index in [2.05, 4.69) is 49.2 Å². The molecule has 0 atom stereocenters. The number of hydrogen-bond acceptors (Lipinski definition) is 1. The number of nitrogens with zero attached hydrogens (tertiary/aromatic N) is 1. The van der Waals surface area contributed by atoms with Crippen LogP contribution in [-0.2, 0) is 0 Å². The molecule has 0 heterocycles. The Morgan fingerprint density at radius 1 is 0.812 bits per heavy atom. The van der Waals surface area contributed by atoms with E-state index in [1.165, 1.54) is 11.1 Å². The Morgan fingerprint density at radius 3 is 2.06 bits per heavy atom. The molecular formula is C15H15N. The third-order valence-electron chi connectivity index (χ3n) is 2.58. The monoisotopic (exact) mass is 209 g/mol. The molecule has 0 bridgehead atoms. The summed E-state index contributed by atoms with van der Waals surface area (Å²) in [4.78, 5) is 4.55. The molecule has 0 aliphatic rings. The molecule has 0 spiro atoms. The predicted molar refractivity (Wildman–Crippen MR) is 69.6 cm³/mol. The van der Waals surface area contributed by atoms with Gasteiger partial charge in [0.15, 0.2) is 0 Å². The van der Waals surface area contributed by atoms with Crippen molar-refractivity contribution >= 4 is 11.9 Å². The van der Waals surface area contributed by atoms with Gasteiger partial charge in [0.25, 0.3) is 0 Å². The van der Waals surface area contributed by atoms with Gasteiger partial charge in [0.2, 0.25) is 0 Å². The first-order valence-corrected chi connectivity index (χ1v) is 5.43. The van der Waals surface area contributed by atoms with E-state index in [1.54, 1.807) is 0 Å². The molecule has 0 saturated heterocycles. The predicted octanol–water partition coefficient (Wildman–Crippen LogP) is 4.05. The second-order valence-electron chi connectivity index (χ2n) is 3.91. The van der Waals surface area contributed by atoms with Crippen molar-refractivity contribution < 1.29 is 0 Å². The third kappa shape index (κ3) is 2.37. The van der Waals surface area contributed by atoms with Crippen LogP contribution in [0.4, 0.5) is 5.69 Å². The third-order valence-corrected chi connectivity index (χ3v) is 2.58. The molecule has 0 amide bonds. The minimum atomic E-state index is 1.08. The van der Waals surface area contributed by atoms with Crippen LogP contribution >= 0.6 is 0 Å². The van der Waals surface area contributed by atoms with Gasteiger partial charge >= 0.3 is 0 Å². The Balaban J connectivity index is 2.31. The normalized spacial score (nSPS) is 10.9. The van der Waals surface area contributed by atoms with Gasteiger partial charge in [0, 0.05) is 6.21 Å². The van der Waals surface area contributed by atoms with E-state index >= 15 is 0 Å². The highest BCUT2D eigenvalue weighted by Crippen LogP contribution is 2.22. The summed E-state index contributed by atoms with van der Waals surface area (Å²) < 4.78 is 0. The largest absolute Gasteiger partial charge is 0.256 e. The fourth-order valence-corrected chi connectivity index (χ4v) is 1.69. The van der Waals surface area contributed by atoms with Crippen LogP contribution in [0.15, 0.2) is 53.5 Å².